The van der Waals surface area contributed by atoms with Gasteiger partial charge in [0.15, 0.2) is 27.1 Å². The van der Waals surface area contributed by atoms with Gasteiger partial charge in [-0.3, -0.25) is 0 Å². The van der Waals surface area contributed by atoms with E-state index in [0.29, 0.717) is 28.4 Å². The SMILES string of the molecule is BC(C)(C)S(=O)(=O)c1ccc(-c2cnc(N)c(-c3cc(-c4ccc(CNC)cc4)no3)n2)cc1. The first kappa shape index (κ1) is 23.7. The number of nitrogens with one attached hydrogen (secondary N) is 1. The molecule has 174 valence electrons. The predicted octanol–water partition coefficient (Wildman–Crippen LogP) is 2.91. The molecule has 0 aliphatic carbocycles. The average molecular weight is 475 g/mol. The largest absolute Gasteiger partial charge is 0.382 e. The van der Waals surface area contributed by atoms with Gasteiger partial charge in [0.1, 0.15) is 13.5 Å². The summed E-state index contributed by atoms with van der Waals surface area (Å²) in [7, 11) is 0.133. The van der Waals surface area contributed by atoms with Gasteiger partial charge in [-0.1, -0.05) is 55.4 Å². The number of benzene rings is 2. The highest BCUT2D eigenvalue weighted by Crippen LogP contribution is 2.30. The van der Waals surface area contributed by atoms with Crippen molar-refractivity contribution in [1.82, 2.24) is 20.4 Å². The normalized spacial score (nSPS) is 12.1. The zero-order valence-electron chi connectivity index (χ0n) is 19.5. The van der Waals surface area contributed by atoms with Crippen LogP contribution in [-0.2, 0) is 16.4 Å². The van der Waals surface area contributed by atoms with Crippen LogP contribution in [0.4, 0.5) is 5.82 Å². The number of aromatic nitrogens is 3. The van der Waals surface area contributed by atoms with Crippen LogP contribution >= 0.6 is 0 Å². The maximum atomic E-state index is 12.7. The summed E-state index contributed by atoms with van der Waals surface area (Å²) < 4.78 is 30.0. The molecule has 0 bridgehead atoms. The fourth-order valence-electron chi connectivity index (χ4n) is 3.40. The van der Waals surface area contributed by atoms with Gasteiger partial charge in [-0.2, -0.15) is 0 Å². The highest BCUT2D eigenvalue weighted by Gasteiger charge is 2.30. The Balaban J connectivity index is 1.63. The van der Waals surface area contributed by atoms with E-state index in [9.17, 15) is 8.42 Å². The van der Waals surface area contributed by atoms with Gasteiger partial charge in [0.05, 0.1) is 16.8 Å². The zero-order chi connectivity index (χ0) is 24.5. The van der Waals surface area contributed by atoms with E-state index in [1.165, 1.54) is 5.56 Å². The Hall–Kier alpha value is -3.50. The number of nitrogens with two attached hydrogens (primary N) is 1. The number of nitrogen functional groups attached to an aromatic ring is 1. The van der Waals surface area contributed by atoms with Crippen LogP contribution < -0.4 is 11.1 Å². The summed E-state index contributed by atoms with van der Waals surface area (Å²) in [6, 6.07) is 16.4. The molecular formula is C24H26BN5O3S. The van der Waals surface area contributed by atoms with Crippen LogP contribution in [0.15, 0.2) is 70.2 Å². The molecule has 0 saturated heterocycles. The van der Waals surface area contributed by atoms with Crippen LogP contribution in [0.3, 0.4) is 0 Å². The maximum Gasteiger partial charge on any atom is 0.189 e. The molecule has 0 unspecified atom stereocenters. The smallest absolute Gasteiger partial charge is 0.189 e. The third kappa shape index (κ3) is 4.60. The Morgan fingerprint density at radius 2 is 1.65 bits per heavy atom. The molecule has 2 aromatic heterocycles. The molecule has 34 heavy (non-hydrogen) atoms. The van der Waals surface area contributed by atoms with Crippen LogP contribution in [0.1, 0.15) is 19.4 Å². The van der Waals surface area contributed by atoms with E-state index in [-0.39, 0.29) is 10.7 Å². The monoisotopic (exact) mass is 475 g/mol. The zero-order valence-corrected chi connectivity index (χ0v) is 20.3. The Morgan fingerprint density at radius 3 is 2.26 bits per heavy atom. The lowest BCUT2D eigenvalue weighted by atomic mass is 9.91. The molecule has 0 spiro atoms. The molecule has 0 radical (unpaired) electrons. The minimum atomic E-state index is -3.45. The summed E-state index contributed by atoms with van der Waals surface area (Å²) in [5.74, 6) is 0.607. The average Bonchev–Trinajstić information content (AvgIpc) is 3.29. The summed E-state index contributed by atoms with van der Waals surface area (Å²) in [4.78, 5) is 9.14. The molecule has 2 heterocycles. The predicted molar refractivity (Wildman–Crippen MR) is 135 cm³/mol. The van der Waals surface area contributed by atoms with Gasteiger partial charge in [-0.15, -0.1) is 0 Å². The lowest BCUT2D eigenvalue weighted by Crippen LogP contribution is -2.32. The topological polar surface area (TPSA) is 124 Å². The van der Waals surface area contributed by atoms with Crippen molar-refractivity contribution < 1.29 is 12.9 Å². The molecular weight excluding hydrogens is 449 g/mol. The standard InChI is InChI=1S/C24H26BN5O3S/c1-24(2,25)34(31,32)18-10-8-17(9-11-18)20-14-28-23(26)22(29-20)21-12-19(30-33-21)16-6-4-15(5-7-16)13-27-3/h4-12,14,27H,13,25H2,1-3H3,(H2,26,28). The quantitative estimate of drug-likeness (QED) is 0.391. The number of hydrogen-bond donors (Lipinski definition) is 2. The molecule has 0 aliphatic heterocycles. The Morgan fingerprint density at radius 1 is 1.03 bits per heavy atom. The molecule has 0 saturated carbocycles. The van der Waals surface area contributed by atoms with Gasteiger partial charge in [-0.05, 0) is 24.7 Å². The molecule has 8 nitrogen and oxygen atoms in total. The molecule has 0 fully saturated rings. The van der Waals surface area contributed by atoms with Crippen LogP contribution in [-0.4, -0.2) is 43.1 Å². The lowest BCUT2D eigenvalue weighted by molar-refractivity contribution is 0.434. The first-order valence-corrected chi connectivity index (χ1v) is 12.3. The molecule has 0 amide bonds. The van der Waals surface area contributed by atoms with Gasteiger partial charge >= 0.3 is 0 Å². The molecule has 0 atom stereocenters. The van der Waals surface area contributed by atoms with E-state index in [2.05, 4.69) is 20.4 Å². The van der Waals surface area contributed by atoms with E-state index in [0.717, 1.165) is 12.1 Å². The van der Waals surface area contributed by atoms with E-state index in [1.54, 1.807) is 58.2 Å². The van der Waals surface area contributed by atoms with Crippen molar-refractivity contribution in [3.63, 3.8) is 0 Å². The van der Waals surface area contributed by atoms with Gasteiger partial charge < -0.3 is 15.6 Å². The van der Waals surface area contributed by atoms with Crippen molar-refractivity contribution in [2.75, 3.05) is 12.8 Å². The first-order chi connectivity index (χ1) is 16.1. The number of hydrogen-bond acceptors (Lipinski definition) is 8. The van der Waals surface area contributed by atoms with Crippen molar-refractivity contribution in [1.29, 1.82) is 0 Å². The molecule has 4 rings (SSSR count). The third-order valence-electron chi connectivity index (χ3n) is 5.44. The van der Waals surface area contributed by atoms with E-state index in [1.807, 2.05) is 31.3 Å². The van der Waals surface area contributed by atoms with Crippen molar-refractivity contribution in [2.24, 2.45) is 0 Å². The van der Waals surface area contributed by atoms with E-state index in [4.69, 9.17) is 10.3 Å². The Kier molecular flexibility index (Phi) is 6.29. The fraction of sp³-hybridized carbons (Fsp3) is 0.208. The number of sulfone groups is 1. The molecule has 0 aliphatic rings. The molecule has 3 N–H and O–H groups in total. The molecule has 2 aromatic carbocycles. The highest BCUT2D eigenvalue weighted by atomic mass is 32.2. The van der Waals surface area contributed by atoms with Gasteiger partial charge in [-0.25, -0.2) is 18.4 Å². The summed E-state index contributed by atoms with van der Waals surface area (Å²) in [5.41, 5.74) is 10.4. The molecule has 10 heteroatoms. The minimum absolute atomic E-state index is 0.211. The van der Waals surface area contributed by atoms with Crippen molar-refractivity contribution >= 4 is 23.5 Å². The molecule has 4 aromatic rings. The summed E-state index contributed by atoms with van der Waals surface area (Å²) >= 11 is 0. The number of anilines is 1. The summed E-state index contributed by atoms with van der Waals surface area (Å²) in [5, 5.41) is 7.28. The number of rotatable bonds is 7. The van der Waals surface area contributed by atoms with Gasteiger partial charge in [0.2, 0.25) is 0 Å². The van der Waals surface area contributed by atoms with Gasteiger partial charge in [0, 0.05) is 28.4 Å². The summed E-state index contributed by atoms with van der Waals surface area (Å²) in [6.45, 7) is 4.14. The van der Waals surface area contributed by atoms with Gasteiger partial charge in [0.25, 0.3) is 0 Å². The van der Waals surface area contributed by atoms with Crippen LogP contribution in [0.2, 0.25) is 0 Å². The first-order valence-electron chi connectivity index (χ1n) is 10.8. The van der Waals surface area contributed by atoms with Crippen LogP contribution in [0.5, 0.6) is 0 Å². The van der Waals surface area contributed by atoms with E-state index >= 15 is 0 Å². The van der Waals surface area contributed by atoms with Crippen LogP contribution in [0.25, 0.3) is 34.0 Å². The second-order valence-electron chi connectivity index (χ2n) is 8.93. The highest BCUT2D eigenvalue weighted by molar-refractivity contribution is 7.94. The van der Waals surface area contributed by atoms with Crippen molar-refractivity contribution in [2.45, 2.75) is 29.9 Å². The maximum absolute atomic E-state index is 12.7. The second-order valence-corrected chi connectivity index (χ2v) is 11.6. The number of nitrogens with zero attached hydrogens (tertiary/aromatic N) is 3. The minimum Gasteiger partial charge on any atom is -0.382 e. The van der Waals surface area contributed by atoms with Crippen molar-refractivity contribution in [3.8, 4) is 34.0 Å². The Labute approximate surface area is 199 Å². The van der Waals surface area contributed by atoms with E-state index < -0.39 is 14.5 Å². The van der Waals surface area contributed by atoms with Crippen LogP contribution in [0, 0.1) is 0 Å². The fourth-order valence-corrected chi connectivity index (χ4v) is 4.60. The second kappa shape index (κ2) is 9.04. The Bertz CT molecular complexity index is 1410. The summed E-state index contributed by atoms with van der Waals surface area (Å²) in [6.07, 6.45) is 1.55. The lowest BCUT2D eigenvalue weighted by Gasteiger charge is -2.19. The van der Waals surface area contributed by atoms with Crippen molar-refractivity contribution in [3.05, 3.63) is 66.4 Å². The third-order valence-corrected chi connectivity index (χ3v) is 7.95.